The molecule has 0 aromatic carbocycles. The van der Waals surface area contributed by atoms with Crippen molar-refractivity contribution in [2.75, 3.05) is 13.2 Å². The summed E-state index contributed by atoms with van der Waals surface area (Å²) < 4.78 is 1.53. The van der Waals surface area contributed by atoms with E-state index in [4.69, 9.17) is 0 Å². The van der Waals surface area contributed by atoms with Gasteiger partial charge in [0.05, 0.1) is 0 Å². The Hall–Kier alpha value is -1.73. The third-order valence-corrected chi connectivity index (χ3v) is 5.67. The highest BCUT2D eigenvalue weighted by molar-refractivity contribution is 7.17. The van der Waals surface area contributed by atoms with Crippen molar-refractivity contribution in [3.63, 3.8) is 0 Å². The molecule has 0 bridgehead atoms. The van der Waals surface area contributed by atoms with Crippen molar-refractivity contribution >= 4 is 22.2 Å². The number of hydrogen-bond donors (Lipinski definition) is 1. The highest BCUT2D eigenvalue weighted by atomic mass is 32.1. The van der Waals surface area contributed by atoms with Crippen molar-refractivity contribution in [3.05, 3.63) is 32.7 Å². The SMILES string of the molecule is Cc1sc2ncc(C(=O)N3CCCCC3CCO)c(=O)n2c1C. The summed E-state index contributed by atoms with van der Waals surface area (Å²) in [5.41, 5.74) is 0.658. The third-order valence-electron chi connectivity index (χ3n) is 4.60. The Labute approximate surface area is 138 Å². The minimum atomic E-state index is -0.296. The number of aliphatic hydroxyl groups is 1. The average Bonchev–Trinajstić information content (AvgIpc) is 2.83. The van der Waals surface area contributed by atoms with Crippen molar-refractivity contribution < 1.29 is 9.90 Å². The average molecular weight is 335 g/mol. The van der Waals surface area contributed by atoms with Gasteiger partial charge in [0.25, 0.3) is 11.5 Å². The Morgan fingerprint density at radius 1 is 1.43 bits per heavy atom. The van der Waals surface area contributed by atoms with Crippen molar-refractivity contribution in [1.82, 2.24) is 14.3 Å². The topological polar surface area (TPSA) is 74.9 Å². The van der Waals surface area contributed by atoms with E-state index in [0.717, 1.165) is 29.8 Å². The first-order valence-corrected chi connectivity index (χ1v) is 8.76. The number of amides is 1. The van der Waals surface area contributed by atoms with Gasteiger partial charge in [-0.05, 0) is 39.5 Å². The Bertz CT molecular complexity index is 794. The number of hydrogen-bond acceptors (Lipinski definition) is 5. The van der Waals surface area contributed by atoms with Gasteiger partial charge in [-0.3, -0.25) is 14.0 Å². The molecule has 2 aromatic heterocycles. The number of aryl methyl sites for hydroxylation is 2. The third kappa shape index (κ3) is 2.79. The van der Waals surface area contributed by atoms with E-state index >= 15 is 0 Å². The Morgan fingerprint density at radius 2 is 2.22 bits per heavy atom. The molecular weight excluding hydrogens is 314 g/mol. The number of carbonyl (C=O) groups excluding carboxylic acids is 1. The molecule has 1 saturated heterocycles. The number of aliphatic hydroxyl groups excluding tert-OH is 1. The van der Waals surface area contributed by atoms with Crippen LogP contribution in [-0.2, 0) is 0 Å². The lowest BCUT2D eigenvalue weighted by Gasteiger charge is -2.35. The zero-order valence-corrected chi connectivity index (χ0v) is 14.2. The van der Waals surface area contributed by atoms with Gasteiger partial charge in [0.2, 0.25) is 0 Å². The predicted molar refractivity (Wildman–Crippen MR) is 89.2 cm³/mol. The lowest BCUT2D eigenvalue weighted by Crippen LogP contribution is -2.46. The maximum absolute atomic E-state index is 12.9. The molecule has 1 aliphatic heterocycles. The summed E-state index contributed by atoms with van der Waals surface area (Å²) in [5, 5.41) is 9.21. The molecule has 1 amide bonds. The molecule has 23 heavy (non-hydrogen) atoms. The Balaban J connectivity index is 2.02. The van der Waals surface area contributed by atoms with E-state index in [1.165, 1.54) is 21.9 Å². The van der Waals surface area contributed by atoms with Crippen LogP contribution in [0.15, 0.2) is 11.0 Å². The van der Waals surface area contributed by atoms with Gasteiger partial charge in [-0.2, -0.15) is 0 Å². The van der Waals surface area contributed by atoms with Crippen molar-refractivity contribution in [3.8, 4) is 0 Å². The van der Waals surface area contributed by atoms with Crippen LogP contribution in [0.2, 0.25) is 0 Å². The van der Waals surface area contributed by atoms with Gasteiger partial charge < -0.3 is 10.0 Å². The lowest BCUT2D eigenvalue weighted by molar-refractivity contribution is 0.0572. The zero-order chi connectivity index (χ0) is 16.6. The van der Waals surface area contributed by atoms with Gasteiger partial charge in [-0.15, -0.1) is 11.3 Å². The molecule has 1 unspecified atom stereocenters. The number of piperidine rings is 1. The second-order valence-electron chi connectivity index (χ2n) is 6.00. The molecule has 1 N–H and O–H groups in total. The van der Waals surface area contributed by atoms with Crippen LogP contribution in [0.1, 0.15) is 46.6 Å². The van der Waals surface area contributed by atoms with Crippen LogP contribution in [-0.4, -0.2) is 44.5 Å². The molecule has 0 radical (unpaired) electrons. The first kappa shape index (κ1) is 16.1. The van der Waals surface area contributed by atoms with Gasteiger partial charge >= 0.3 is 0 Å². The molecule has 3 heterocycles. The van der Waals surface area contributed by atoms with Crippen molar-refractivity contribution in [2.45, 2.75) is 45.6 Å². The molecule has 6 nitrogen and oxygen atoms in total. The van der Waals surface area contributed by atoms with Gasteiger partial charge in [0.1, 0.15) is 5.56 Å². The summed E-state index contributed by atoms with van der Waals surface area (Å²) in [6.07, 6.45) is 4.81. The summed E-state index contributed by atoms with van der Waals surface area (Å²) >= 11 is 1.45. The molecule has 0 saturated carbocycles. The maximum atomic E-state index is 12.9. The van der Waals surface area contributed by atoms with E-state index in [1.54, 1.807) is 4.90 Å². The molecule has 0 aliphatic carbocycles. The summed E-state index contributed by atoms with van der Waals surface area (Å²) in [5.74, 6) is -0.265. The minimum absolute atomic E-state index is 0.00616. The minimum Gasteiger partial charge on any atom is -0.396 e. The van der Waals surface area contributed by atoms with Crippen LogP contribution >= 0.6 is 11.3 Å². The second-order valence-corrected chi connectivity index (χ2v) is 7.18. The number of thiazole rings is 1. The van der Waals surface area contributed by atoms with E-state index < -0.39 is 0 Å². The van der Waals surface area contributed by atoms with E-state index in [2.05, 4.69) is 4.98 Å². The standard InChI is InChI=1S/C16H21N3O3S/c1-10-11(2)23-16-17-9-13(15(22)19(10)16)14(21)18-7-4-3-5-12(18)6-8-20/h9,12,20H,3-8H2,1-2H3. The van der Waals surface area contributed by atoms with Gasteiger partial charge in [0, 0.05) is 36.0 Å². The number of nitrogens with zero attached hydrogens (tertiary/aromatic N) is 3. The molecule has 2 aromatic rings. The Kier molecular flexibility index (Phi) is 4.50. The monoisotopic (exact) mass is 335 g/mol. The maximum Gasteiger partial charge on any atom is 0.271 e. The number of aromatic nitrogens is 2. The largest absolute Gasteiger partial charge is 0.396 e. The highest BCUT2D eigenvalue weighted by Crippen LogP contribution is 2.22. The molecular formula is C16H21N3O3S. The first-order chi connectivity index (χ1) is 11.0. The van der Waals surface area contributed by atoms with Gasteiger partial charge in [-0.25, -0.2) is 4.98 Å². The van der Waals surface area contributed by atoms with Crippen LogP contribution < -0.4 is 5.56 Å². The summed E-state index contributed by atoms with van der Waals surface area (Å²) in [4.78, 5) is 33.3. The molecule has 1 aliphatic rings. The molecule has 124 valence electrons. The number of rotatable bonds is 3. The summed E-state index contributed by atoms with van der Waals surface area (Å²) in [7, 11) is 0. The first-order valence-electron chi connectivity index (χ1n) is 7.94. The van der Waals surface area contributed by atoms with E-state index in [0.29, 0.717) is 17.9 Å². The molecule has 1 fully saturated rings. The van der Waals surface area contributed by atoms with Crippen LogP contribution in [0.25, 0.3) is 4.96 Å². The predicted octanol–water partition coefficient (Wildman–Crippen LogP) is 1.75. The fourth-order valence-corrected chi connectivity index (χ4v) is 4.12. The quantitative estimate of drug-likeness (QED) is 0.927. The van der Waals surface area contributed by atoms with E-state index in [-0.39, 0.29) is 29.7 Å². The summed E-state index contributed by atoms with van der Waals surface area (Å²) in [6, 6.07) is 0.00616. The van der Waals surface area contributed by atoms with Crippen molar-refractivity contribution in [2.24, 2.45) is 0 Å². The van der Waals surface area contributed by atoms with E-state index in [1.807, 2.05) is 13.8 Å². The normalized spacial score (nSPS) is 18.6. The molecule has 3 rings (SSSR count). The van der Waals surface area contributed by atoms with Crippen LogP contribution in [0.3, 0.4) is 0 Å². The van der Waals surface area contributed by atoms with Gasteiger partial charge in [0.15, 0.2) is 4.96 Å². The number of fused-ring (bicyclic) bond motifs is 1. The van der Waals surface area contributed by atoms with Crippen molar-refractivity contribution in [1.29, 1.82) is 0 Å². The fraction of sp³-hybridized carbons (Fsp3) is 0.562. The molecule has 7 heteroatoms. The highest BCUT2D eigenvalue weighted by Gasteiger charge is 2.29. The lowest BCUT2D eigenvalue weighted by atomic mass is 9.99. The van der Waals surface area contributed by atoms with Crippen LogP contribution in [0.4, 0.5) is 0 Å². The molecule has 1 atom stereocenters. The molecule has 0 spiro atoms. The summed E-state index contributed by atoms with van der Waals surface area (Å²) in [6.45, 7) is 4.49. The van der Waals surface area contributed by atoms with Crippen LogP contribution in [0.5, 0.6) is 0 Å². The van der Waals surface area contributed by atoms with E-state index in [9.17, 15) is 14.7 Å². The fourth-order valence-electron chi connectivity index (χ4n) is 3.19. The Morgan fingerprint density at radius 3 is 2.96 bits per heavy atom. The zero-order valence-electron chi connectivity index (χ0n) is 13.4. The number of carbonyl (C=O) groups is 1. The van der Waals surface area contributed by atoms with Crippen LogP contribution in [0, 0.1) is 13.8 Å². The smallest absolute Gasteiger partial charge is 0.271 e. The number of likely N-dealkylation sites (tertiary alicyclic amines) is 1. The second kappa shape index (κ2) is 6.41. The van der Waals surface area contributed by atoms with Gasteiger partial charge in [-0.1, -0.05) is 0 Å².